The van der Waals surface area contributed by atoms with Gasteiger partial charge in [-0.3, -0.25) is 9.36 Å². The van der Waals surface area contributed by atoms with E-state index in [2.05, 4.69) is 20.6 Å². The molecular formula is C24H19ClN6O2S. The Kier molecular flexibility index (Phi) is 6.46. The lowest BCUT2D eigenvalue weighted by molar-refractivity contribution is -0.113. The van der Waals surface area contributed by atoms with Crippen LogP contribution in [0.4, 0.5) is 5.69 Å². The Balaban J connectivity index is 1.35. The first-order chi connectivity index (χ1) is 16.7. The van der Waals surface area contributed by atoms with Crippen LogP contribution in [0.3, 0.4) is 0 Å². The fourth-order valence-electron chi connectivity index (χ4n) is 3.43. The van der Waals surface area contributed by atoms with Crippen molar-refractivity contribution in [2.45, 2.75) is 11.7 Å². The number of carbonyl (C=O) groups excluding carboxylic acids is 1. The summed E-state index contributed by atoms with van der Waals surface area (Å²) in [7, 11) is 0. The van der Waals surface area contributed by atoms with E-state index >= 15 is 0 Å². The minimum atomic E-state index is -0.200. The smallest absolute Gasteiger partial charge is 0.234 e. The third kappa shape index (κ3) is 4.90. The van der Waals surface area contributed by atoms with Crippen molar-refractivity contribution in [2.24, 2.45) is 0 Å². The highest BCUT2D eigenvalue weighted by atomic mass is 35.5. The van der Waals surface area contributed by atoms with E-state index in [1.807, 2.05) is 53.1 Å². The number of hydrogen-bond donors (Lipinski definition) is 1. The van der Waals surface area contributed by atoms with E-state index in [9.17, 15) is 4.79 Å². The van der Waals surface area contributed by atoms with Crippen molar-refractivity contribution >= 4 is 35.0 Å². The molecule has 2 aromatic carbocycles. The first kappa shape index (κ1) is 22.0. The zero-order valence-electron chi connectivity index (χ0n) is 17.8. The van der Waals surface area contributed by atoms with Gasteiger partial charge >= 0.3 is 0 Å². The van der Waals surface area contributed by atoms with E-state index in [1.54, 1.807) is 41.5 Å². The van der Waals surface area contributed by atoms with Gasteiger partial charge in [0.25, 0.3) is 0 Å². The molecule has 0 bridgehead atoms. The molecule has 0 radical (unpaired) electrons. The maximum atomic E-state index is 12.8. The Morgan fingerprint density at radius 2 is 1.94 bits per heavy atom. The monoisotopic (exact) mass is 490 g/mol. The molecule has 1 amide bonds. The topological polar surface area (TPSA) is 90.8 Å². The Morgan fingerprint density at radius 3 is 2.71 bits per heavy atom. The average Bonchev–Trinajstić information content (AvgIpc) is 3.61. The predicted octanol–water partition coefficient (Wildman–Crippen LogP) is 5.16. The minimum Gasteiger partial charge on any atom is -0.461 e. The number of nitrogens with zero attached hydrogens (tertiary/aromatic N) is 5. The number of anilines is 1. The molecule has 0 saturated heterocycles. The molecule has 8 nitrogen and oxygen atoms in total. The number of nitrogens with one attached hydrogen (secondary N) is 1. The molecular weight excluding hydrogens is 472 g/mol. The summed E-state index contributed by atoms with van der Waals surface area (Å²) >= 11 is 7.47. The number of thioether (sulfide) groups is 1. The molecule has 34 heavy (non-hydrogen) atoms. The second-order valence-corrected chi connectivity index (χ2v) is 8.68. The second-order valence-electron chi connectivity index (χ2n) is 7.30. The van der Waals surface area contributed by atoms with E-state index in [1.165, 1.54) is 11.8 Å². The molecule has 10 heteroatoms. The van der Waals surface area contributed by atoms with Gasteiger partial charge in [-0.1, -0.05) is 53.7 Å². The van der Waals surface area contributed by atoms with Gasteiger partial charge in [0.1, 0.15) is 0 Å². The van der Waals surface area contributed by atoms with Gasteiger partial charge < -0.3 is 9.73 Å². The minimum absolute atomic E-state index is 0.135. The van der Waals surface area contributed by atoms with E-state index in [4.69, 9.17) is 16.0 Å². The highest BCUT2D eigenvalue weighted by Crippen LogP contribution is 2.27. The van der Waals surface area contributed by atoms with Gasteiger partial charge in [-0.25, -0.2) is 4.68 Å². The van der Waals surface area contributed by atoms with Crippen molar-refractivity contribution in [3.05, 3.63) is 96.0 Å². The van der Waals surface area contributed by atoms with Crippen LogP contribution in [0.25, 0.3) is 17.3 Å². The number of furan rings is 1. The van der Waals surface area contributed by atoms with Gasteiger partial charge in [0.05, 0.1) is 29.9 Å². The third-order valence-electron chi connectivity index (χ3n) is 4.96. The Hall–Kier alpha value is -3.82. The van der Waals surface area contributed by atoms with E-state index in [0.717, 1.165) is 11.3 Å². The molecule has 0 unspecified atom stereocenters. The number of amides is 1. The van der Waals surface area contributed by atoms with E-state index in [-0.39, 0.29) is 11.7 Å². The van der Waals surface area contributed by atoms with Crippen LogP contribution >= 0.6 is 23.4 Å². The van der Waals surface area contributed by atoms with Gasteiger partial charge in [-0.15, -0.1) is 10.2 Å². The van der Waals surface area contributed by atoms with Crippen LogP contribution in [0.15, 0.2) is 95.0 Å². The van der Waals surface area contributed by atoms with Crippen molar-refractivity contribution in [3.8, 4) is 17.3 Å². The van der Waals surface area contributed by atoms with Crippen LogP contribution in [-0.2, 0) is 11.3 Å². The van der Waals surface area contributed by atoms with Crippen LogP contribution in [0.5, 0.6) is 0 Å². The first-order valence-electron chi connectivity index (χ1n) is 10.4. The van der Waals surface area contributed by atoms with Crippen LogP contribution < -0.4 is 5.32 Å². The molecule has 0 aliphatic heterocycles. The third-order valence-corrected chi connectivity index (χ3v) is 6.16. The normalized spacial score (nSPS) is 11.0. The zero-order valence-corrected chi connectivity index (χ0v) is 19.4. The standard InChI is InChI=1S/C24H19ClN6O2S/c25-18-9-10-20(31-12-5-11-26-31)19(14-18)27-22(32)16-34-24-29-28-23(21-8-4-13-33-21)30(24)15-17-6-2-1-3-7-17/h1-14H,15-16H2,(H,27,32). The molecule has 1 N–H and O–H groups in total. The van der Waals surface area contributed by atoms with Gasteiger partial charge in [-0.05, 0) is 42.0 Å². The molecule has 3 heterocycles. The molecule has 0 saturated carbocycles. The fraction of sp³-hybridized carbons (Fsp3) is 0.0833. The van der Waals surface area contributed by atoms with E-state index in [0.29, 0.717) is 34.0 Å². The lowest BCUT2D eigenvalue weighted by atomic mass is 10.2. The Bertz CT molecular complexity index is 1380. The summed E-state index contributed by atoms with van der Waals surface area (Å²) in [5.41, 5.74) is 2.38. The zero-order chi connectivity index (χ0) is 23.3. The number of hydrogen-bond acceptors (Lipinski definition) is 6. The lowest BCUT2D eigenvalue weighted by Crippen LogP contribution is -2.16. The molecule has 3 aromatic heterocycles. The Morgan fingerprint density at radius 1 is 1.06 bits per heavy atom. The summed E-state index contributed by atoms with van der Waals surface area (Å²) in [6.07, 6.45) is 5.07. The van der Waals surface area contributed by atoms with Crippen molar-refractivity contribution in [3.63, 3.8) is 0 Å². The molecule has 170 valence electrons. The molecule has 0 spiro atoms. The van der Waals surface area contributed by atoms with Crippen LogP contribution in [0.1, 0.15) is 5.56 Å². The summed E-state index contributed by atoms with van der Waals surface area (Å²) in [6.45, 7) is 0.547. The molecule has 5 rings (SSSR count). The lowest BCUT2D eigenvalue weighted by Gasteiger charge is -2.12. The van der Waals surface area contributed by atoms with Crippen molar-refractivity contribution < 1.29 is 9.21 Å². The number of aromatic nitrogens is 5. The van der Waals surface area contributed by atoms with E-state index < -0.39 is 0 Å². The quantitative estimate of drug-likeness (QED) is 0.302. The summed E-state index contributed by atoms with van der Waals surface area (Å²) in [5.74, 6) is 1.15. The average molecular weight is 491 g/mol. The second kappa shape index (κ2) is 9.98. The Labute approximate surface area is 204 Å². The number of rotatable bonds is 8. The summed E-state index contributed by atoms with van der Waals surface area (Å²) in [6, 6.07) is 20.7. The van der Waals surface area contributed by atoms with Crippen LogP contribution in [0, 0.1) is 0 Å². The van der Waals surface area contributed by atoms with Crippen molar-refractivity contribution in [1.29, 1.82) is 0 Å². The first-order valence-corrected chi connectivity index (χ1v) is 11.8. The predicted molar refractivity (Wildman–Crippen MR) is 131 cm³/mol. The highest BCUT2D eigenvalue weighted by Gasteiger charge is 2.18. The van der Waals surface area contributed by atoms with Crippen LogP contribution in [0.2, 0.25) is 5.02 Å². The number of halogens is 1. The van der Waals surface area contributed by atoms with Crippen LogP contribution in [-0.4, -0.2) is 36.2 Å². The summed E-state index contributed by atoms with van der Waals surface area (Å²) in [4.78, 5) is 12.8. The van der Waals surface area contributed by atoms with Crippen molar-refractivity contribution in [1.82, 2.24) is 24.5 Å². The van der Waals surface area contributed by atoms with Gasteiger partial charge in [-0.2, -0.15) is 5.10 Å². The van der Waals surface area contributed by atoms with Gasteiger partial charge in [0.15, 0.2) is 10.9 Å². The fourth-order valence-corrected chi connectivity index (χ4v) is 4.34. The highest BCUT2D eigenvalue weighted by molar-refractivity contribution is 7.99. The molecule has 0 aliphatic rings. The van der Waals surface area contributed by atoms with Gasteiger partial charge in [0.2, 0.25) is 11.7 Å². The summed E-state index contributed by atoms with van der Waals surface area (Å²) < 4.78 is 9.16. The maximum absolute atomic E-state index is 12.8. The largest absolute Gasteiger partial charge is 0.461 e. The van der Waals surface area contributed by atoms with Gasteiger partial charge in [0, 0.05) is 17.4 Å². The molecule has 0 atom stereocenters. The maximum Gasteiger partial charge on any atom is 0.234 e. The molecule has 5 aromatic rings. The van der Waals surface area contributed by atoms with Crippen molar-refractivity contribution in [2.75, 3.05) is 11.1 Å². The molecule has 0 aliphatic carbocycles. The number of benzene rings is 2. The SMILES string of the molecule is O=C(CSc1nnc(-c2ccco2)n1Cc1ccccc1)Nc1cc(Cl)ccc1-n1cccn1. The summed E-state index contributed by atoms with van der Waals surface area (Å²) in [5, 5.41) is 16.9. The molecule has 0 fully saturated rings. The number of carbonyl (C=O) groups is 1.